The van der Waals surface area contributed by atoms with E-state index in [1.165, 1.54) is 28.5 Å². The van der Waals surface area contributed by atoms with Crippen LogP contribution in [0.2, 0.25) is 0 Å². The van der Waals surface area contributed by atoms with E-state index in [9.17, 15) is 10.1 Å². The number of furan rings is 1. The zero-order valence-electron chi connectivity index (χ0n) is 16.1. The summed E-state index contributed by atoms with van der Waals surface area (Å²) in [4.78, 5) is 16.6. The third-order valence-corrected chi connectivity index (χ3v) is 6.30. The van der Waals surface area contributed by atoms with Crippen LogP contribution in [-0.2, 0) is 6.42 Å². The Labute approximate surface area is 176 Å². The highest BCUT2D eigenvalue weighted by Gasteiger charge is 2.26. The maximum absolute atomic E-state index is 11.5. The van der Waals surface area contributed by atoms with Gasteiger partial charge in [0.15, 0.2) is 10.6 Å². The molecule has 0 amide bonds. The fraction of sp³-hybridized carbons (Fsp3) is 0.174. The molecule has 2 heterocycles. The van der Waals surface area contributed by atoms with E-state index < -0.39 is 0 Å². The van der Waals surface area contributed by atoms with Crippen LogP contribution in [0.3, 0.4) is 0 Å². The van der Waals surface area contributed by atoms with Gasteiger partial charge in [-0.15, -0.1) is 11.3 Å². The summed E-state index contributed by atoms with van der Waals surface area (Å²) < 4.78 is 7.88. The van der Waals surface area contributed by atoms with Crippen LogP contribution in [0, 0.1) is 10.1 Å². The van der Waals surface area contributed by atoms with Gasteiger partial charge >= 0.3 is 0 Å². The molecule has 0 bridgehead atoms. The minimum atomic E-state index is -0.389. The van der Waals surface area contributed by atoms with Crippen molar-refractivity contribution < 1.29 is 9.34 Å². The fourth-order valence-corrected chi connectivity index (χ4v) is 5.06. The summed E-state index contributed by atoms with van der Waals surface area (Å²) in [6.45, 7) is 0. The molecule has 150 valence electrons. The normalized spacial score (nSPS) is 16.4. The lowest BCUT2D eigenvalue weighted by Crippen LogP contribution is -2.26. The van der Waals surface area contributed by atoms with Gasteiger partial charge < -0.3 is 8.98 Å². The lowest BCUT2D eigenvalue weighted by molar-refractivity contribution is -0.384. The van der Waals surface area contributed by atoms with Crippen molar-refractivity contribution in [2.75, 3.05) is 0 Å². The van der Waals surface area contributed by atoms with Gasteiger partial charge in [0.25, 0.3) is 5.69 Å². The summed E-state index contributed by atoms with van der Waals surface area (Å²) in [5, 5.41) is 13.5. The number of nitro benzene ring substituents is 1. The summed E-state index contributed by atoms with van der Waals surface area (Å²) in [6.07, 6.45) is 4.77. The summed E-state index contributed by atoms with van der Waals surface area (Å²) in [7, 11) is 0. The molecule has 1 atom stereocenters. The molecule has 30 heavy (non-hydrogen) atoms. The minimum absolute atomic E-state index is 0.000966. The summed E-state index contributed by atoms with van der Waals surface area (Å²) in [5.74, 6) is 0.762. The van der Waals surface area contributed by atoms with Crippen molar-refractivity contribution in [1.29, 1.82) is 0 Å². The molecule has 2 aromatic carbocycles. The van der Waals surface area contributed by atoms with Crippen LogP contribution >= 0.6 is 11.3 Å². The molecule has 0 radical (unpaired) electrons. The van der Waals surface area contributed by atoms with E-state index >= 15 is 0 Å². The van der Waals surface area contributed by atoms with E-state index in [2.05, 4.69) is 28.8 Å². The van der Waals surface area contributed by atoms with E-state index in [1.807, 2.05) is 17.5 Å². The largest absolute Gasteiger partial charge is 0.463 e. The second-order valence-corrected chi connectivity index (χ2v) is 8.05. The maximum atomic E-state index is 11.5. The highest BCUT2D eigenvalue weighted by atomic mass is 32.1. The highest BCUT2D eigenvalue weighted by Crippen LogP contribution is 2.36. The molecule has 6 nitrogen and oxygen atoms in total. The zero-order chi connectivity index (χ0) is 20.5. The topological polar surface area (TPSA) is 73.6 Å². The number of fused-ring (bicyclic) bond motifs is 1. The summed E-state index contributed by atoms with van der Waals surface area (Å²) in [5.41, 5.74) is 3.91. The second kappa shape index (κ2) is 7.76. The average Bonchev–Trinajstić information content (AvgIpc) is 3.43. The number of para-hydroxylation sites is 2. The lowest BCUT2D eigenvalue weighted by Gasteiger charge is -2.28. The third kappa shape index (κ3) is 3.27. The van der Waals surface area contributed by atoms with Crippen molar-refractivity contribution >= 4 is 22.7 Å². The van der Waals surface area contributed by atoms with Gasteiger partial charge in [0.1, 0.15) is 5.69 Å². The van der Waals surface area contributed by atoms with Crippen LogP contribution in [0.1, 0.15) is 30.0 Å². The number of nitrogens with zero attached hydrogens (tertiary/aromatic N) is 3. The Morgan fingerprint density at radius 1 is 1.10 bits per heavy atom. The SMILES string of the molecule is O=[N+]([O-])c1ccccc1N=c1scc(-c2ccco2)n1C1CCCc2ccccc21. The van der Waals surface area contributed by atoms with Crippen molar-refractivity contribution in [1.82, 2.24) is 4.57 Å². The van der Waals surface area contributed by atoms with Crippen molar-refractivity contribution in [2.45, 2.75) is 25.3 Å². The van der Waals surface area contributed by atoms with Crippen LogP contribution in [0.4, 0.5) is 11.4 Å². The first-order valence-electron chi connectivity index (χ1n) is 9.82. The molecule has 0 N–H and O–H groups in total. The third-order valence-electron chi connectivity index (χ3n) is 5.46. The van der Waals surface area contributed by atoms with Gasteiger partial charge in [0.2, 0.25) is 0 Å². The highest BCUT2D eigenvalue weighted by molar-refractivity contribution is 7.07. The summed E-state index contributed by atoms with van der Waals surface area (Å²) in [6, 6.07) is 19.0. The number of aromatic nitrogens is 1. The Kier molecular flexibility index (Phi) is 4.80. The zero-order valence-corrected chi connectivity index (χ0v) is 16.9. The number of aryl methyl sites for hydroxylation is 1. The molecule has 0 fully saturated rings. The van der Waals surface area contributed by atoms with Crippen LogP contribution in [-0.4, -0.2) is 9.49 Å². The Morgan fingerprint density at radius 3 is 2.77 bits per heavy atom. The van der Waals surface area contributed by atoms with Crippen molar-refractivity contribution in [3.05, 3.63) is 98.3 Å². The Hall–Kier alpha value is -3.45. The number of rotatable bonds is 4. The number of hydrogen-bond acceptors (Lipinski definition) is 5. The lowest BCUT2D eigenvalue weighted by atomic mass is 9.87. The number of nitro groups is 1. The van der Waals surface area contributed by atoms with Gasteiger partial charge in [-0.05, 0) is 48.6 Å². The van der Waals surface area contributed by atoms with Crippen LogP contribution in [0.15, 0.2) is 81.7 Å². The first-order chi connectivity index (χ1) is 14.7. The number of thiazole rings is 1. The quantitative estimate of drug-likeness (QED) is 0.308. The van der Waals surface area contributed by atoms with Gasteiger partial charge in [-0.2, -0.15) is 0 Å². The molecular formula is C23H19N3O3S. The van der Waals surface area contributed by atoms with Crippen LogP contribution < -0.4 is 4.80 Å². The first-order valence-corrected chi connectivity index (χ1v) is 10.7. The number of hydrogen-bond donors (Lipinski definition) is 0. The van der Waals surface area contributed by atoms with Gasteiger partial charge in [0.05, 0.1) is 22.9 Å². The Bertz CT molecular complexity index is 1270. The molecule has 1 unspecified atom stereocenters. The molecule has 7 heteroatoms. The number of benzene rings is 2. The molecule has 4 aromatic rings. The predicted molar refractivity (Wildman–Crippen MR) is 116 cm³/mol. The molecule has 2 aromatic heterocycles. The molecule has 0 saturated heterocycles. The maximum Gasteiger partial charge on any atom is 0.294 e. The minimum Gasteiger partial charge on any atom is -0.463 e. The molecule has 0 aliphatic heterocycles. The Balaban J connectivity index is 1.75. The van der Waals surface area contributed by atoms with Crippen LogP contribution in [0.25, 0.3) is 11.5 Å². The van der Waals surface area contributed by atoms with Gasteiger partial charge in [0, 0.05) is 11.4 Å². The van der Waals surface area contributed by atoms with Crippen LogP contribution in [0.5, 0.6) is 0 Å². The summed E-state index contributed by atoms with van der Waals surface area (Å²) >= 11 is 1.47. The molecule has 1 aliphatic rings. The van der Waals surface area contributed by atoms with E-state index in [4.69, 9.17) is 9.41 Å². The second-order valence-electron chi connectivity index (χ2n) is 7.22. The molecule has 5 rings (SSSR count). The van der Waals surface area contributed by atoms with E-state index in [-0.39, 0.29) is 16.7 Å². The molecule has 1 aliphatic carbocycles. The van der Waals surface area contributed by atoms with Gasteiger partial charge in [-0.25, -0.2) is 4.99 Å². The average molecular weight is 417 g/mol. The van der Waals surface area contributed by atoms with E-state index in [0.717, 1.165) is 35.5 Å². The van der Waals surface area contributed by atoms with Gasteiger partial charge in [-0.3, -0.25) is 10.1 Å². The molecule has 0 spiro atoms. The first kappa shape index (κ1) is 18.6. The Morgan fingerprint density at radius 2 is 1.93 bits per heavy atom. The van der Waals surface area contributed by atoms with Gasteiger partial charge in [-0.1, -0.05) is 36.4 Å². The monoisotopic (exact) mass is 417 g/mol. The fourth-order valence-electron chi connectivity index (χ4n) is 4.12. The predicted octanol–water partition coefficient (Wildman–Crippen LogP) is 5.88. The van der Waals surface area contributed by atoms with E-state index in [0.29, 0.717) is 5.69 Å². The standard InChI is InChI=1S/C23H19N3O3S/c27-26(28)20-11-4-3-10-18(20)24-23-25(21(15-30-23)22-13-6-14-29-22)19-12-5-8-16-7-1-2-9-17(16)19/h1-4,6-7,9-11,13-15,19H,5,8,12H2. The molecular weight excluding hydrogens is 398 g/mol. The van der Waals surface area contributed by atoms with Crippen molar-refractivity contribution in [2.24, 2.45) is 4.99 Å². The molecule has 0 saturated carbocycles. The van der Waals surface area contributed by atoms with Crippen molar-refractivity contribution in [3.8, 4) is 11.5 Å². The van der Waals surface area contributed by atoms with E-state index in [1.54, 1.807) is 24.5 Å². The van der Waals surface area contributed by atoms with Crippen molar-refractivity contribution in [3.63, 3.8) is 0 Å². The smallest absolute Gasteiger partial charge is 0.294 e.